The highest BCUT2D eigenvalue weighted by atomic mass is 19.1. The Kier molecular flexibility index (Phi) is 4.98. The zero-order valence-electron chi connectivity index (χ0n) is 12.0. The summed E-state index contributed by atoms with van der Waals surface area (Å²) < 4.78 is 37.7. The predicted octanol–water partition coefficient (Wildman–Crippen LogP) is 3.98. The number of halogens is 2. The minimum atomic E-state index is -0.451. The summed E-state index contributed by atoms with van der Waals surface area (Å²) in [6.07, 6.45) is 0. The maximum absolute atomic E-state index is 14.0. The van der Waals surface area contributed by atoms with Gasteiger partial charge in [-0.2, -0.15) is 0 Å². The van der Waals surface area contributed by atoms with Gasteiger partial charge in [0.2, 0.25) is 0 Å². The van der Waals surface area contributed by atoms with Crippen molar-refractivity contribution in [3.8, 4) is 11.5 Å². The molecule has 1 N–H and O–H groups in total. The molecule has 0 atom stereocenters. The number of anilines is 1. The molecule has 5 heteroatoms. The van der Waals surface area contributed by atoms with Gasteiger partial charge >= 0.3 is 0 Å². The fourth-order valence-corrected chi connectivity index (χ4v) is 1.93. The van der Waals surface area contributed by atoms with Crippen LogP contribution in [0.3, 0.4) is 0 Å². The summed E-state index contributed by atoms with van der Waals surface area (Å²) in [5.74, 6) is -0.477. The third kappa shape index (κ3) is 3.62. The molecule has 0 aliphatic rings. The fraction of sp³-hybridized carbons (Fsp3) is 0.250. The van der Waals surface area contributed by atoms with Crippen LogP contribution in [-0.4, -0.2) is 13.7 Å². The van der Waals surface area contributed by atoms with Gasteiger partial charge in [-0.05, 0) is 25.1 Å². The van der Waals surface area contributed by atoms with Crippen molar-refractivity contribution in [3.05, 3.63) is 53.6 Å². The highest BCUT2D eigenvalue weighted by molar-refractivity contribution is 5.48. The average Bonchev–Trinajstić information content (AvgIpc) is 2.49. The Labute approximate surface area is 122 Å². The number of methoxy groups -OCH3 is 1. The van der Waals surface area contributed by atoms with Crippen molar-refractivity contribution in [2.75, 3.05) is 19.0 Å². The molecule has 21 heavy (non-hydrogen) atoms. The van der Waals surface area contributed by atoms with Crippen LogP contribution in [0.4, 0.5) is 14.5 Å². The molecule has 0 saturated heterocycles. The lowest BCUT2D eigenvalue weighted by atomic mass is 10.2. The van der Waals surface area contributed by atoms with Gasteiger partial charge in [0.25, 0.3) is 0 Å². The Morgan fingerprint density at radius 2 is 1.90 bits per heavy atom. The predicted molar refractivity (Wildman–Crippen MR) is 77.8 cm³/mol. The van der Waals surface area contributed by atoms with Gasteiger partial charge in [0.05, 0.1) is 13.7 Å². The molecule has 3 nitrogen and oxygen atoms in total. The topological polar surface area (TPSA) is 30.5 Å². The normalized spacial score (nSPS) is 10.3. The van der Waals surface area contributed by atoms with E-state index in [0.29, 0.717) is 17.9 Å². The van der Waals surface area contributed by atoms with Crippen molar-refractivity contribution in [2.24, 2.45) is 0 Å². The SMILES string of the molecule is CCOc1ccc(NCc2cccc(OC)c2F)cc1F. The summed E-state index contributed by atoms with van der Waals surface area (Å²) in [4.78, 5) is 0. The van der Waals surface area contributed by atoms with Crippen molar-refractivity contribution >= 4 is 5.69 Å². The van der Waals surface area contributed by atoms with Gasteiger partial charge in [-0.25, -0.2) is 8.78 Å². The first-order chi connectivity index (χ1) is 10.2. The summed E-state index contributed by atoms with van der Waals surface area (Å²) in [5.41, 5.74) is 1.00. The van der Waals surface area contributed by atoms with Gasteiger partial charge < -0.3 is 14.8 Å². The molecule has 0 bridgehead atoms. The molecule has 0 heterocycles. The van der Waals surface area contributed by atoms with Gasteiger partial charge in [-0.15, -0.1) is 0 Å². The van der Waals surface area contributed by atoms with Gasteiger partial charge in [0.1, 0.15) is 0 Å². The first-order valence-electron chi connectivity index (χ1n) is 6.63. The van der Waals surface area contributed by atoms with Crippen molar-refractivity contribution in [1.29, 1.82) is 0 Å². The summed E-state index contributed by atoms with van der Waals surface area (Å²) in [7, 11) is 1.41. The molecule has 2 rings (SSSR count). The molecule has 0 spiro atoms. The average molecular weight is 293 g/mol. The first-order valence-corrected chi connectivity index (χ1v) is 6.63. The van der Waals surface area contributed by atoms with Crippen LogP contribution in [0.5, 0.6) is 11.5 Å². The first kappa shape index (κ1) is 15.1. The number of nitrogens with one attached hydrogen (secondary N) is 1. The van der Waals surface area contributed by atoms with Crippen LogP contribution in [-0.2, 0) is 6.54 Å². The Morgan fingerprint density at radius 1 is 1.10 bits per heavy atom. The Balaban J connectivity index is 2.08. The lowest BCUT2D eigenvalue weighted by molar-refractivity contribution is 0.321. The highest BCUT2D eigenvalue weighted by Gasteiger charge is 2.09. The Morgan fingerprint density at radius 3 is 2.57 bits per heavy atom. The second-order valence-corrected chi connectivity index (χ2v) is 4.37. The molecule has 2 aromatic carbocycles. The molecule has 0 fully saturated rings. The number of hydrogen-bond acceptors (Lipinski definition) is 3. The molecule has 2 aromatic rings. The Bertz CT molecular complexity index is 617. The number of ether oxygens (including phenoxy) is 2. The second kappa shape index (κ2) is 6.92. The van der Waals surface area contributed by atoms with E-state index in [4.69, 9.17) is 9.47 Å². The van der Waals surface area contributed by atoms with Crippen LogP contribution in [0.15, 0.2) is 36.4 Å². The zero-order chi connectivity index (χ0) is 15.2. The standard InChI is InChI=1S/C16H17F2NO2/c1-3-21-14-8-7-12(9-13(14)17)19-10-11-5-4-6-15(20-2)16(11)18/h4-9,19H,3,10H2,1-2H3. The molecule has 0 aliphatic heterocycles. The largest absolute Gasteiger partial charge is 0.494 e. The van der Waals surface area contributed by atoms with E-state index < -0.39 is 11.6 Å². The quantitative estimate of drug-likeness (QED) is 0.873. The Hall–Kier alpha value is -2.30. The van der Waals surface area contributed by atoms with E-state index in [2.05, 4.69) is 5.32 Å². The molecule has 0 aliphatic carbocycles. The molecular weight excluding hydrogens is 276 g/mol. The van der Waals surface area contributed by atoms with Crippen molar-refractivity contribution in [2.45, 2.75) is 13.5 Å². The third-order valence-electron chi connectivity index (χ3n) is 2.98. The van der Waals surface area contributed by atoms with Crippen LogP contribution >= 0.6 is 0 Å². The minimum absolute atomic E-state index is 0.187. The maximum Gasteiger partial charge on any atom is 0.170 e. The fourth-order valence-electron chi connectivity index (χ4n) is 1.93. The van der Waals surface area contributed by atoms with Crippen molar-refractivity contribution < 1.29 is 18.3 Å². The van der Waals surface area contributed by atoms with E-state index >= 15 is 0 Å². The molecule has 0 unspecified atom stereocenters. The molecule has 0 aromatic heterocycles. The van der Waals surface area contributed by atoms with E-state index in [1.54, 1.807) is 37.3 Å². The zero-order valence-corrected chi connectivity index (χ0v) is 12.0. The van der Waals surface area contributed by atoms with Crippen LogP contribution in [0.2, 0.25) is 0 Å². The van der Waals surface area contributed by atoms with Crippen molar-refractivity contribution in [3.63, 3.8) is 0 Å². The third-order valence-corrected chi connectivity index (χ3v) is 2.98. The van der Waals surface area contributed by atoms with Crippen LogP contribution < -0.4 is 14.8 Å². The number of rotatable bonds is 6. The minimum Gasteiger partial charge on any atom is -0.494 e. The van der Waals surface area contributed by atoms with E-state index in [1.807, 2.05) is 0 Å². The molecular formula is C16H17F2NO2. The summed E-state index contributed by atoms with van der Waals surface area (Å²) >= 11 is 0. The monoisotopic (exact) mass is 293 g/mol. The number of hydrogen-bond donors (Lipinski definition) is 1. The van der Waals surface area contributed by atoms with Crippen LogP contribution in [0, 0.1) is 11.6 Å². The van der Waals surface area contributed by atoms with Gasteiger partial charge in [0.15, 0.2) is 23.1 Å². The number of benzene rings is 2. The highest BCUT2D eigenvalue weighted by Crippen LogP contribution is 2.23. The van der Waals surface area contributed by atoms with E-state index in [-0.39, 0.29) is 18.0 Å². The molecule has 0 saturated carbocycles. The lowest BCUT2D eigenvalue weighted by Gasteiger charge is -2.11. The van der Waals surface area contributed by atoms with Crippen LogP contribution in [0.1, 0.15) is 12.5 Å². The van der Waals surface area contributed by atoms with Gasteiger partial charge in [0, 0.05) is 23.9 Å². The smallest absolute Gasteiger partial charge is 0.170 e. The molecule has 0 radical (unpaired) electrons. The maximum atomic E-state index is 14.0. The molecule has 0 amide bonds. The van der Waals surface area contributed by atoms with E-state index in [9.17, 15) is 8.78 Å². The summed E-state index contributed by atoms with van der Waals surface area (Å²) in [6.45, 7) is 2.42. The van der Waals surface area contributed by atoms with Crippen molar-refractivity contribution in [1.82, 2.24) is 0 Å². The van der Waals surface area contributed by atoms with E-state index in [0.717, 1.165) is 0 Å². The second-order valence-electron chi connectivity index (χ2n) is 4.37. The lowest BCUT2D eigenvalue weighted by Crippen LogP contribution is -2.04. The van der Waals surface area contributed by atoms with Gasteiger partial charge in [-0.3, -0.25) is 0 Å². The van der Waals surface area contributed by atoms with Gasteiger partial charge in [-0.1, -0.05) is 12.1 Å². The van der Waals surface area contributed by atoms with E-state index in [1.165, 1.54) is 13.2 Å². The molecule has 112 valence electrons. The van der Waals surface area contributed by atoms with Crippen LogP contribution in [0.25, 0.3) is 0 Å². The summed E-state index contributed by atoms with van der Waals surface area (Å²) in [6, 6.07) is 9.46. The summed E-state index contributed by atoms with van der Waals surface area (Å²) in [5, 5.41) is 2.97.